The third-order valence-corrected chi connectivity index (χ3v) is 1.99. The maximum absolute atomic E-state index is 12.7. The molecule has 0 heterocycles. The third-order valence-electron chi connectivity index (χ3n) is 1.62. The predicted molar refractivity (Wildman–Crippen MR) is 47.7 cm³/mol. The summed E-state index contributed by atoms with van der Waals surface area (Å²) in [6.07, 6.45) is -2.07. The van der Waals surface area contributed by atoms with Crippen LogP contribution in [0.25, 0.3) is 0 Å². The fourth-order valence-corrected chi connectivity index (χ4v) is 1.16. The molecule has 0 aromatic heterocycles. The number of carbonyl (C=O) groups is 1. The van der Waals surface area contributed by atoms with Crippen LogP contribution < -0.4 is 0 Å². The Morgan fingerprint density at radius 1 is 1.54 bits per heavy atom. The van der Waals surface area contributed by atoms with E-state index in [2.05, 4.69) is 0 Å². The van der Waals surface area contributed by atoms with Crippen molar-refractivity contribution >= 4 is 17.6 Å². The summed E-state index contributed by atoms with van der Waals surface area (Å²) in [5.74, 6) is -1.46. The molecule has 0 bridgehead atoms. The van der Waals surface area contributed by atoms with Gasteiger partial charge in [0.15, 0.2) is 0 Å². The zero-order valence-corrected chi connectivity index (χ0v) is 7.46. The first kappa shape index (κ1) is 9.99. The van der Waals surface area contributed by atoms with Gasteiger partial charge in [-0.2, -0.15) is 0 Å². The molecule has 1 rings (SSSR count). The van der Waals surface area contributed by atoms with Gasteiger partial charge in [-0.3, -0.25) is 0 Å². The molecule has 0 aliphatic heterocycles. The third kappa shape index (κ3) is 2.70. The molecule has 1 aromatic carbocycles. The van der Waals surface area contributed by atoms with Crippen molar-refractivity contribution < 1.29 is 14.3 Å². The van der Waals surface area contributed by atoms with E-state index in [1.54, 1.807) is 24.3 Å². The summed E-state index contributed by atoms with van der Waals surface area (Å²) in [4.78, 5) is 10.2. The fourth-order valence-electron chi connectivity index (χ4n) is 0.944. The first-order valence-electron chi connectivity index (χ1n) is 3.71. The summed E-state index contributed by atoms with van der Waals surface area (Å²) in [5, 5.41) is 8.71. The lowest BCUT2D eigenvalue weighted by Gasteiger charge is -2.04. The number of benzene rings is 1. The highest BCUT2D eigenvalue weighted by Gasteiger charge is 2.17. The van der Waals surface area contributed by atoms with Crippen LogP contribution in [0.4, 0.5) is 4.39 Å². The van der Waals surface area contributed by atoms with Crippen LogP contribution in [-0.2, 0) is 11.2 Å². The highest BCUT2D eigenvalue weighted by molar-refractivity contribution is 6.31. The Morgan fingerprint density at radius 3 is 2.69 bits per heavy atom. The van der Waals surface area contributed by atoms with Gasteiger partial charge in [0.1, 0.15) is 0 Å². The first-order valence-corrected chi connectivity index (χ1v) is 4.09. The van der Waals surface area contributed by atoms with Crippen LogP contribution >= 0.6 is 11.6 Å². The molecule has 1 atom stereocenters. The fraction of sp³-hybridized carbons (Fsp3) is 0.222. The molecule has 0 aliphatic rings. The van der Waals surface area contributed by atoms with E-state index in [9.17, 15) is 9.18 Å². The minimum absolute atomic E-state index is 0.186. The number of hydrogen-bond acceptors (Lipinski definition) is 1. The van der Waals surface area contributed by atoms with Crippen LogP contribution in [0, 0.1) is 0 Å². The van der Waals surface area contributed by atoms with Crippen LogP contribution in [0.3, 0.4) is 0 Å². The molecule has 1 N–H and O–H groups in total. The van der Waals surface area contributed by atoms with Crippen LogP contribution in [0.1, 0.15) is 5.56 Å². The summed E-state index contributed by atoms with van der Waals surface area (Å²) in [6, 6.07) is 6.61. The monoisotopic (exact) mass is 202 g/mol. The zero-order valence-electron chi connectivity index (χ0n) is 6.71. The Bertz CT molecular complexity index is 314. The van der Waals surface area contributed by atoms with Crippen molar-refractivity contribution in [3.8, 4) is 0 Å². The molecule has 0 spiro atoms. The van der Waals surface area contributed by atoms with E-state index < -0.39 is 12.1 Å². The minimum atomic E-state index is -1.89. The molecule has 0 amide bonds. The molecule has 13 heavy (non-hydrogen) atoms. The zero-order chi connectivity index (χ0) is 9.84. The van der Waals surface area contributed by atoms with E-state index in [-0.39, 0.29) is 6.42 Å². The first-order chi connectivity index (χ1) is 6.11. The second-order valence-electron chi connectivity index (χ2n) is 2.60. The SMILES string of the molecule is O=C(O)[C@@H](F)Cc1ccccc1Cl. The molecule has 0 saturated carbocycles. The number of rotatable bonds is 3. The van der Waals surface area contributed by atoms with E-state index >= 15 is 0 Å². The van der Waals surface area contributed by atoms with Crippen LogP contribution in [-0.4, -0.2) is 17.2 Å². The lowest BCUT2D eigenvalue weighted by Crippen LogP contribution is -2.17. The van der Waals surface area contributed by atoms with E-state index in [0.29, 0.717) is 10.6 Å². The second kappa shape index (κ2) is 4.23. The highest BCUT2D eigenvalue weighted by atomic mass is 35.5. The molecule has 0 unspecified atom stereocenters. The quantitative estimate of drug-likeness (QED) is 0.817. The smallest absolute Gasteiger partial charge is 0.338 e. The number of carboxylic acids is 1. The summed E-state index contributed by atoms with van der Waals surface area (Å²) in [5.41, 5.74) is 0.513. The van der Waals surface area contributed by atoms with Gasteiger partial charge in [0.25, 0.3) is 0 Å². The van der Waals surface area contributed by atoms with Gasteiger partial charge in [-0.25, -0.2) is 9.18 Å². The number of halogens is 2. The topological polar surface area (TPSA) is 37.3 Å². The molecule has 1 aromatic rings. The van der Waals surface area contributed by atoms with Crippen molar-refractivity contribution in [3.63, 3.8) is 0 Å². The summed E-state index contributed by atoms with van der Waals surface area (Å²) >= 11 is 5.71. The van der Waals surface area contributed by atoms with Gasteiger partial charge in [-0.05, 0) is 11.6 Å². The minimum Gasteiger partial charge on any atom is -0.479 e. The molecular weight excluding hydrogens is 195 g/mol. The van der Waals surface area contributed by atoms with Crippen molar-refractivity contribution in [3.05, 3.63) is 34.9 Å². The standard InChI is InChI=1S/C9H8ClFO2/c10-7-4-2-1-3-6(7)5-8(11)9(12)13/h1-4,8H,5H2,(H,12,13)/t8-/m0/s1. The lowest BCUT2D eigenvalue weighted by molar-refractivity contribution is -0.142. The Balaban J connectivity index is 2.74. The Kier molecular flexibility index (Phi) is 3.25. The average molecular weight is 203 g/mol. The molecule has 2 nitrogen and oxygen atoms in total. The highest BCUT2D eigenvalue weighted by Crippen LogP contribution is 2.17. The van der Waals surface area contributed by atoms with Gasteiger partial charge >= 0.3 is 5.97 Å². The maximum atomic E-state index is 12.7. The molecule has 0 aliphatic carbocycles. The summed E-state index contributed by atoms with van der Waals surface area (Å²) in [6.45, 7) is 0. The largest absolute Gasteiger partial charge is 0.479 e. The van der Waals surface area contributed by atoms with Gasteiger partial charge < -0.3 is 5.11 Å². The van der Waals surface area contributed by atoms with Gasteiger partial charge in [0.05, 0.1) is 0 Å². The summed E-state index contributed by atoms with van der Waals surface area (Å²) < 4.78 is 12.7. The normalized spacial score (nSPS) is 12.5. The Morgan fingerprint density at radius 2 is 2.15 bits per heavy atom. The predicted octanol–water partition coefficient (Wildman–Crippen LogP) is 2.31. The molecule has 0 fully saturated rings. The van der Waals surface area contributed by atoms with E-state index in [0.717, 1.165) is 0 Å². The van der Waals surface area contributed by atoms with Crippen molar-refractivity contribution in [1.82, 2.24) is 0 Å². The van der Waals surface area contributed by atoms with Crippen molar-refractivity contribution in [1.29, 1.82) is 0 Å². The number of alkyl halides is 1. The van der Waals surface area contributed by atoms with Crippen molar-refractivity contribution in [2.24, 2.45) is 0 Å². The van der Waals surface area contributed by atoms with Crippen LogP contribution in [0.5, 0.6) is 0 Å². The molecule has 4 heteroatoms. The molecule has 0 radical (unpaired) electrons. The van der Waals surface area contributed by atoms with Crippen molar-refractivity contribution in [2.75, 3.05) is 0 Å². The van der Waals surface area contributed by atoms with E-state index in [1.807, 2.05) is 0 Å². The number of aliphatic carboxylic acids is 1. The van der Waals surface area contributed by atoms with Gasteiger partial charge in [-0.1, -0.05) is 29.8 Å². The van der Waals surface area contributed by atoms with Crippen LogP contribution in [0.15, 0.2) is 24.3 Å². The Labute approximate surface area is 80.0 Å². The Hall–Kier alpha value is -1.09. The average Bonchev–Trinajstić information content (AvgIpc) is 2.08. The van der Waals surface area contributed by atoms with Crippen LogP contribution in [0.2, 0.25) is 5.02 Å². The van der Waals surface area contributed by atoms with Crippen molar-refractivity contribution in [2.45, 2.75) is 12.6 Å². The number of carboxylic acid groups (broad SMARTS) is 1. The molecular formula is C9H8ClFO2. The van der Waals surface area contributed by atoms with Gasteiger partial charge in [0, 0.05) is 11.4 Å². The maximum Gasteiger partial charge on any atom is 0.338 e. The summed E-state index contributed by atoms with van der Waals surface area (Å²) in [7, 11) is 0. The second-order valence-corrected chi connectivity index (χ2v) is 3.01. The van der Waals surface area contributed by atoms with Gasteiger partial charge in [-0.15, -0.1) is 0 Å². The molecule has 70 valence electrons. The lowest BCUT2D eigenvalue weighted by atomic mass is 10.1. The number of hydrogen-bond donors (Lipinski definition) is 1. The molecule has 0 saturated heterocycles. The van der Waals surface area contributed by atoms with E-state index in [1.165, 1.54) is 0 Å². The van der Waals surface area contributed by atoms with E-state index in [4.69, 9.17) is 16.7 Å². The van der Waals surface area contributed by atoms with Gasteiger partial charge in [0.2, 0.25) is 6.17 Å².